The second-order valence-corrected chi connectivity index (χ2v) is 3.74. The molecule has 0 aromatic carbocycles. The third kappa shape index (κ3) is 3.89. The van der Waals surface area contributed by atoms with Crippen molar-refractivity contribution in [2.45, 2.75) is 26.6 Å². The molecule has 0 bridgehead atoms. The molecule has 3 nitrogen and oxygen atoms in total. The Morgan fingerprint density at radius 3 is 2.53 bits per heavy atom. The number of anilines is 1. The number of nitrogens with zero attached hydrogens (tertiary/aromatic N) is 2. The molecule has 1 N–H and O–H groups in total. The van der Waals surface area contributed by atoms with Crippen LogP contribution in [0.3, 0.4) is 0 Å². The summed E-state index contributed by atoms with van der Waals surface area (Å²) >= 11 is 0. The first kappa shape index (κ1) is 13.8. The fourth-order valence-corrected chi connectivity index (χ4v) is 1.57. The van der Waals surface area contributed by atoms with Crippen LogP contribution in [0.15, 0.2) is 12.3 Å². The number of aromatic nitrogens is 1. The molecule has 0 aliphatic rings. The first-order valence-corrected chi connectivity index (χ1v) is 5.25. The van der Waals surface area contributed by atoms with Crippen LogP contribution in [0.1, 0.15) is 18.2 Å². The van der Waals surface area contributed by atoms with E-state index in [4.69, 9.17) is 5.11 Å². The molecule has 1 aromatic heterocycles. The molecular formula is C11H15F3N2O. The van der Waals surface area contributed by atoms with Gasteiger partial charge in [-0.1, -0.05) is 0 Å². The van der Waals surface area contributed by atoms with Crippen LogP contribution < -0.4 is 4.90 Å². The largest absolute Gasteiger partial charge is 0.405 e. The Balaban J connectivity index is 3.06. The van der Waals surface area contributed by atoms with Gasteiger partial charge < -0.3 is 10.0 Å². The molecule has 1 heterocycles. The minimum Gasteiger partial charge on any atom is -0.392 e. The molecule has 0 radical (unpaired) electrons. The first-order valence-electron chi connectivity index (χ1n) is 5.25. The summed E-state index contributed by atoms with van der Waals surface area (Å²) in [5, 5.41) is 9.10. The molecule has 17 heavy (non-hydrogen) atoms. The number of halogens is 3. The molecule has 0 amide bonds. The lowest BCUT2D eigenvalue weighted by molar-refractivity contribution is -0.119. The van der Waals surface area contributed by atoms with Crippen molar-refractivity contribution in [2.75, 3.05) is 18.0 Å². The summed E-state index contributed by atoms with van der Waals surface area (Å²) in [6, 6.07) is 1.56. The predicted molar refractivity (Wildman–Crippen MR) is 58.8 cm³/mol. The summed E-state index contributed by atoms with van der Waals surface area (Å²) in [6.45, 7) is 2.21. The molecule has 96 valence electrons. The van der Waals surface area contributed by atoms with Gasteiger partial charge in [-0.15, -0.1) is 0 Å². The topological polar surface area (TPSA) is 36.4 Å². The molecule has 0 atom stereocenters. The van der Waals surface area contributed by atoms with Crippen LogP contribution >= 0.6 is 0 Å². The summed E-state index contributed by atoms with van der Waals surface area (Å²) in [5.41, 5.74) is 1.42. The second kappa shape index (κ2) is 5.35. The van der Waals surface area contributed by atoms with E-state index in [1.54, 1.807) is 19.9 Å². The normalized spacial score (nSPS) is 11.6. The van der Waals surface area contributed by atoms with Crippen LogP contribution in [0.2, 0.25) is 0 Å². The highest BCUT2D eigenvalue weighted by Gasteiger charge is 2.31. The average Bonchev–Trinajstić information content (AvgIpc) is 2.24. The van der Waals surface area contributed by atoms with Crippen molar-refractivity contribution in [1.29, 1.82) is 0 Å². The van der Waals surface area contributed by atoms with Crippen LogP contribution in [-0.2, 0) is 6.61 Å². The van der Waals surface area contributed by atoms with Crippen molar-refractivity contribution >= 4 is 5.69 Å². The second-order valence-electron chi connectivity index (χ2n) is 3.74. The van der Waals surface area contributed by atoms with Crippen LogP contribution in [-0.4, -0.2) is 29.4 Å². The van der Waals surface area contributed by atoms with Gasteiger partial charge in [-0.25, -0.2) is 0 Å². The quantitative estimate of drug-likeness (QED) is 0.888. The van der Waals surface area contributed by atoms with E-state index in [1.807, 2.05) is 0 Å². The highest BCUT2D eigenvalue weighted by Crippen LogP contribution is 2.25. The van der Waals surface area contributed by atoms with Crippen LogP contribution in [0.25, 0.3) is 0 Å². The van der Waals surface area contributed by atoms with Crippen LogP contribution in [0.5, 0.6) is 0 Å². The number of aryl methyl sites for hydroxylation is 1. The zero-order valence-corrected chi connectivity index (χ0v) is 9.75. The summed E-state index contributed by atoms with van der Waals surface area (Å²) in [7, 11) is 0. The molecule has 1 aromatic rings. The Bertz CT molecular complexity index is 379. The number of rotatable bonds is 4. The molecule has 0 saturated heterocycles. The van der Waals surface area contributed by atoms with Gasteiger partial charge in [0, 0.05) is 29.7 Å². The maximum absolute atomic E-state index is 12.4. The summed E-state index contributed by atoms with van der Waals surface area (Å²) < 4.78 is 37.2. The Labute approximate surface area is 97.9 Å². The van der Waals surface area contributed by atoms with E-state index in [9.17, 15) is 13.2 Å². The molecule has 0 spiro atoms. The van der Waals surface area contributed by atoms with Gasteiger partial charge in [-0.3, -0.25) is 4.98 Å². The molecule has 0 saturated carbocycles. The monoisotopic (exact) mass is 248 g/mol. The van der Waals surface area contributed by atoms with Crippen molar-refractivity contribution in [1.82, 2.24) is 4.98 Å². The van der Waals surface area contributed by atoms with E-state index in [0.717, 1.165) is 0 Å². The van der Waals surface area contributed by atoms with Gasteiger partial charge in [-0.05, 0) is 19.9 Å². The summed E-state index contributed by atoms with van der Waals surface area (Å²) in [4.78, 5) is 5.14. The van der Waals surface area contributed by atoms with E-state index >= 15 is 0 Å². The molecule has 1 rings (SSSR count). The molecule has 0 unspecified atom stereocenters. The minimum absolute atomic E-state index is 0.218. The molecular weight excluding hydrogens is 233 g/mol. The number of pyridine rings is 1. The van der Waals surface area contributed by atoms with Gasteiger partial charge in [0.2, 0.25) is 0 Å². The maximum Gasteiger partial charge on any atom is 0.405 e. The smallest absolute Gasteiger partial charge is 0.392 e. The van der Waals surface area contributed by atoms with Gasteiger partial charge >= 0.3 is 6.18 Å². The number of aliphatic hydroxyl groups excluding tert-OH is 1. The Morgan fingerprint density at radius 1 is 1.41 bits per heavy atom. The Morgan fingerprint density at radius 2 is 2.06 bits per heavy atom. The fraction of sp³-hybridized carbons (Fsp3) is 0.545. The molecule has 6 heteroatoms. The zero-order chi connectivity index (χ0) is 13.1. The van der Waals surface area contributed by atoms with Crippen molar-refractivity contribution in [3.8, 4) is 0 Å². The van der Waals surface area contributed by atoms with Crippen molar-refractivity contribution in [3.05, 3.63) is 23.5 Å². The third-order valence-electron chi connectivity index (χ3n) is 2.36. The van der Waals surface area contributed by atoms with Crippen molar-refractivity contribution < 1.29 is 18.3 Å². The molecule has 0 aliphatic carbocycles. The van der Waals surface area contributed by atoms with Crippen LogP contribution in [0, 0.1) is 6.92 Å². The molecule has 0 fully saturated rings. The standard InChI is InChI=1S/C11H15F3N2O/c1-3-16(7-11(12,13)14)10-4-8(2)15-5-9(10)6-17/h4-5,17H,3,6-7H2,1-2H3. The number of hydrogen-bond donors (Lipinski definition) is 1. The lowest BCUT2D eigenvalue weighted by Crippen LogP contribution is -2.34. The first-order chi connectivity index (χ1) is 7.87. The minimum atomic E-state index is -4.26. The number of hydrogen-bond acceptors (Lipinski definition) is 3. The van der Waals surface area contributed by atoms with E-state index in [0.29, 0.717) is 16.9 Å². The van der Waals surface area contributed by atoms with E-state index in [1.165, 1.54) is 11.1 Å². The van der Waals surface area contributed by atoms with Gasteiger partial charge in [0.1, 0.15) is 6.54 Å². The zero-order valence-electron chi connectivity index (χ0n) is 9.75. The fourth-order valence-electron chi connectivity index (χ4n) is 1.57. The van der Waals surface area contributed by atoms with Gasteiger partial charge in [-0.2, -0.15) is 13.2 Å². The lowest BCUT2D eigenvalue weighted by Gasteiger charge is -2.26. The van der Waals surface area contributed by atoms with E-state index in [2.05, 4.69) is 4.98 Å². The van der Waals surface area contributed by atoms with Gasteiger partial charge in [0.25, 0.3) is 0 Å². The molecule has 0 aliphatic heterocycles. The predicted octanol–water partition coefficient (Wildman–Crippen LogP) is 2.27. The highest BCUT2D eigenvalue weighted by atomic mass is 19.4. The third-order valence-corrected chi connectivity index (χ3v) is 2.36. The SMILES string of the molecule is CCN(CC(F)(F)F)c1cc(C)ncc1CO. The van der Waals surface area contributed by atoms with Crippen molar-refractivity contribution in [3.63, 3.8) is 0 Å². The van der Waals surface area contributed by atoms with Gasteiger partial charge in [0.15, 0.2) is 0 Å². The van der Waals surface area contributed by atoms with E-state index in [-0.39, 0.29) is 13.2 Å². The van der Waals surface area contributed by atoms with Crippen molar-refractivity contribution in [2.24, 2.45) is 0 Å². The summed E-state index contributed by atoms with van der Waals surface area (Å²) in [6.07, 6.45) is -2.86. The average molecular weight is 248 g/mol. The van der Waals surface area contributed by atoms with Gasteiger partial charge in [0.05, 0.1) is 6.61 Å². The van der Waals surface area contributed by atoms with E-state index < -0.39 is 12.7 Å². The number of aliphatic hydroxyl groups is 1. The maximum atomic E-state index is 12.4. The van der Waals surface area contributed by atoms with Crippen LogP contribution in [0.4, 0.5) is 18.9 Å². The lowest BCUT2D eigenvalue weighted by atomic mass is 10.2. The highest BCUT2D eigenvalue weighted by molar-refractivity contribution is 5.53. The Hall–Kier alpha value is -1.30. The summed E-state index contributed by atoms with van der Waals surface area (Å²) in [5.74, 6) is 0. The Kier molecular flexibility index (Phi) is 4.34. The number of alkyl halides is 3.